The minimum absolute atomic E-state index is 0.0407. The normalized spacial score (nSPS) is 24.0. The van der Waals surface area contributed by atoms with E-state index >= 15 is 0 Å². The number of carbonyl (C=O) groups excluding carboxylic acids is 2. The number of morpholine rings is 1. The highest BCUT2D eigenvalue weighted by Crippen LogP contribution is 2.31. The number of aliphatic hydroxyl groups is 1. The van der Waals surface area contributed by atoms with Gasteiger partial charge in [-0.25, -0.2) is 0 Å². The van der Waals surface area contributed by atoms with E-state index in [1.54, 1.807) is 4.90 Å². The molecular formula is C28H44N4O5. The summed E-state index contributed by atoms with van der Waals surface area (Å²) in [6, 6.07) is 5.33. The first-order chi connectivity index (χ1) is 17.8. The minimum atomic E-state index is -0.274. The van der Waals surface area contributed by atoms with Gasteiger partial charge in [0.1, 0.15) is 11.9 Å². The number of carbonyl (C=O) groups is 2. The van der Waals surface area contributed by atoms with Crippen molar-refractivity contribution in [3.63, 3.8) is 0 Å². The zero-order chi connectivity index (χ0) is 26.4. The summed E-state index contributed by atoms with van der Waals surface area (Å²) in [7, 11) is 2.14. The molecular weight excluding hydrogens is 472 g/mol. The Balaban J connectivity index is 1.48. The minimum Gasteiger partial charge on any atom is -0.488 e. The van der Waals surface area contributed by atoms with Gasteiger partial charge in [-0.1, -0.05) is 6.92 Å². The first-order valence-corrected chi connectivity index (χ1v) is 13.8. The lowest BCUT2D eigenvalue weighted by molar-refractivity contribution is -0.134. The maximum Gasteiger partial charge on any atom is 0.227 e. The van der Waals surface area contributed by atoms with Crippen LogP contribution in [0.5, 0.6) is 5.75 Å². The SMILES string of the molecule is C[C@@H]1CN([C@H](C)CO)C(=O)Cc2cc(NC(=O)CCN3CCOCC3)ccc2O[C@H]1CN(C)CC1CC1. The maximum atomic E-state index is 13.4. The Morgan fingerprint density at radius 1 is 1.24 bits per heavy atom. The van der Waals surface area contributed by atoms with Crippen LogP contribution in [0, 0.1) is 11.8 Å². The van der Waals surface area contributed by atoms with Gasteiger partial charge in [-0.05, 0) is 50.9 Å². The number of rotatable bonds is 10. The third kappa shape index (κ3) is 8.14. The highest BCUT2D eigenvalue weighted by atomic mass is 16.5. The third-order valence-corrected chi connectivity index (χ3v) is 7.72. The van der Waals surface area contributed by atoms with Crippen molar-refractivity contribution in [1.82, 2.24) is 14.7 Å². The maximum absolute atomic E-state index is 13.4. The summed E-state index contributed by atoms with van der Waals surface area (Å²) < 4.78 is 12.0. The number of anilines is 1. The number of ether oxygens (including phenoxy) is 2. The molecule has 2 amide bonds. The van der Waals surface area contributed by atoms with Crippen molar-refractivity contribution in [3.05, 3.63) is 23.8 Å². The van der Waals surface area contributed by atoms with E-state index < -0.39 is 0 Å². The number of hydrogen-bond acceptors (Lipinski definition) is 7. The standard InChI is InChI=1S/C28H44N4O5/c1-20-16-32(21(2)19-33)28(35)15-23-14-24(29-27(34)8-9-31-10-12-36-13-11-31)6-7-25(23)37-26(20)18-30(3)17-22-4-5-22/h6-7,14,20-22,26,33H,4-5,8-13,15-19H2,1-3H3,(H,29,34)/t20-,21-,26+/m1/s1. The second-order valence-electron chi connectivity index (χ2n) is 11.1. The summed E-state index contributed by atoms with van der Waals surface area (Å²) in [6.45, 7) is 10.1. The average Bonchev–Trinajstić information content (AvgIpc) is 3.70. The molecule has 1 aromatic carbocycles. The highest BCUT2D eigenvalue weighted by Gasteiger charge is 2.32. The number of benzene rings is 1. The van der Waals surface area contributed by atoms with Crippen molar-refractivity contribution in [2.24, 2.45) is 11.8 Å². The quantitative estimate of drug-likeness (QED) is 0.490. The van der Waals surface area contributed by atoms with Crippen LogP contribution in [0.4, 0.5) is 5.69 Å². The Morgan fingerprint density at radius 2 is 2.00 bits per heavy atom. The van der Waals surface area contributed by atoms with Crippen LogP contribution >= 0.6 is 0 Å². The van der Waals surface area contributed by atoms with Crippen molar-refractivity contribution in [2.45, 2.75) is 51.7 Å². The lowest BCUT2D eigenvalue weighted by atomic mass is 10.0. The van der Waals surface area contributed by atoms with E-state index in [1.807, 2.05) is 25.1 Å². The zero-order valence-corrected chi connectivity index (χ0v) is 22.7. The van der Waals surface area contributed by atoms with Gasteiger partial charge in [0.15, 0.2) is 0 Å². The molecule has 1 aromatic rings. The molecule has 9 nitrogen and oxygen atoms in total. The molecule has 1 saturated heterocycles. The van der Waals surface area contributed by atoms with E-state index in [9.17, 15) is 14.7 Å². The van der Waals surface area contributed by atoms with E-state index in [2.05, 4.69) is 29.1 Å². The van der Waals surface area contributed by atoms with Crippen LogP contribution in [0.25, 0.3) is 0 Å². The van der Waals surface area contributed by atoms with Crippen molar-refractivity contribution in [1.29, 1.82) is 0 Å². The van der Waals surface area contributed by atoms with Crippen LogP contribution in [0.2, 0.25) is 0 Å². The van der Waals surface area contributed by atoms with Gasteiger partial charge in [0.2, 0.25) is 11.8 Å². The Kier molecular flexibility index (Phi) is 9.81. The smallest absolute Gasteiger partial charge is 0.227 e. The van der Waals surface area contributed by atoms with Crippen LogP contribution in [0.15, 0.2) is 18.2 Å². The van der Waals surface area contributed by atoms with Gasteiger partial charge in [0.25, 0.3) is 0 Å². The molecule has 1 aliphatic carbocycles. The monoisotopic (exact) mass is 516 g/mol. The van der Waals surface area contributed by atoms with Crippen LogP contribution in [0.1, 0.15) is 38.7 Å². The molecule has 0 spiro atoms. The summed E-state index contributed by atoms with van der Waals surface area (Å²) in [5.41, 5.74) is 1.42. The van der Waals surface area contributed by atoms with Gasteiger partial charge in [-0.3, -0.25) is 14.5 Å². The van der Waals surface area contributed by atoms with E-state index in [0.717, 1.165) is 37.7 Å². The number of nitrogens with one attached hydrogen (secondary N) is 1. The van der Waals surface area contributed by atoms with Gasteiger partial charge >= 0.3 is 0 Å². The lowest BCUT2D eigenvalue weighted by Crippen LogP contribution is -2.47. The summed E-state index contributed by atoms with van der Waals surface area (Å²) in [5.74, 6) is 1.47. The van der Waals surface area contributed by atoms with Crippen LogP contribution in [-0.2, 0) is 20.7 Å². The molecule has 37 heavy (non-hydrogen) atoms. The Hall–Kier alpha value is -2.20. The Morgan fingerprint density at radius 3 is 2.70 bits per heavy atom. The molecule has 2 heterocycles. The van der Waals surface area contributed by atoms with Crippen molar-refractivity contribution < 1.29 is 24.2 Å². The van der Waals surface area contributed by atoms with E-state index in [1.165, 1.54) is 12.8 Å². The molecule has 4 rings (SSSR count). The number of aliphatic hydroxyl groups excluding tert-OH is 1. The number of hydrogen-bond donors (Lipinski definition) is 2. The molecule has 0 radical (unpaired) electrons. The van der Waals surface area contributed by atoms with Gasteiger partial charge in [-0.15, -0.1) is 0 Å². The topological polar surface area (TPSA) is 94.6 Å². The molecule has 9 heteroatoms. The van der Waals surface area contributed by atoms with Crippen LogP contribution < -0.4 is 10.1 Å². The first-order valence-electron chi connectivity index (χ1n) is 13.8. The molecule has 1 saturated carbocycles. The molecule has 2 aliphatic heterocycles. The number of fused-ring (bicyclic) bond motifs is 1. The fraction of sp³-hybridized carbons (Fsp3) is 0.714. The fourth-order valence-electron chi connectivity index (χ4n) is 5.16. The zero-order valence-electron chi connectivity index (χ0n) is 22.7. The fourth-order valence-corrected chi connectivity index (χ4v) is 5.16. The Bertz CT molecular complexity index is 918. The van der Waals surface area contributed by atoms with Crippen molar-refractivity contribution in [3.8, 4) is 5.75 Å². The van der Waals surface area contributed by atoms with E-state index in [4.69, 9.17) is 9.47 Å². The van der Waals surface area contributed by atoms with E-state index in [-0.39, 0.29) is 42.9 Å². The van der Waals surface area contributed by atoms with Gasteiger partial charge in [-0.2, -0.15) is 0 Å². The lowest BCUT2D eigenvalue weighted by Gasteiger charge is -2.34. The predicted molar refractivity (Wildman–Crippen MR) is 143 cm³/mol. The second-order valence-corrected chi connectivity index (χ2v) is 11.1. The predicted octanol–water partition coefficient (Wildman–Crippen LogP) is 1.84. The largest absolute Gasteiger partial charge is 0.488 e. The van der Waals surface area contributed by atoms with Gasteiger partial charge in [0.05, 0.1) is 32.3 Å². The molecule has 0 unspecified atom stereocenters. The van der Waals surface area contributed by atoms with Crippen LogP contribution in [-0.4, -0.2) is 110 Å². The second kappa shape index (κ2) is 13.0. The van der Waals surface area contributed by atoms with Gasteiger partial charge in [0, 0.05) is 62.9 Å². The average molecular weight is 517 g/mol. The highest BCUT2D eigenvalue weighted by molar-refractivity contribution is 5.91. The van der Waals surface area contributed by atoms with Crippen molar-refractivity contribution in [2.75, 3.05) is 71.5 Å². The molecule has 0 aromatic heterocycles. The van der Waals surface area contributed by atoms with Crippen LogP contribution in [0.3, 0.4) is 0 Å². The first kappa shape index (κ1) is 27.8. The summed E-state index contributed by atoms with van der Waals surface area (Å²) >= 11 is 0. The number of nitrogens with zero attached hydrogens (tertiary/aromatic N) is 3. The molecule has 2 N–H and O–H groups in total. The number of amides is 2. The Labute approximate surface area is 221 Å². The molecule has 2 fully saturated rings. The third-order valence-electron chi connectivity index (χ3n) is 7.72. The summed E-state index contributed by atoms with van der Waals surface area (Å²) in [6.07, 6.45) is 3.06. The summed E-state index contributed by atoms with van der Waals surface area (Å²) in [5, 5.41) is 12.8. The van der Waals surface area contributed by atoms with E-state index in [0.29, 0.717) is 44.2 Å². The number of likely N-dealkylation sites (N-methyl/N-ethyl adjacent to an activating group) is 1. The molecule has 0 bridgehead atoms. The van der Waals surface area contributed by atoms with Gasteiger partial charge < -0.3 is 29.7 Å². The summed E-state index contributed by atoms with van der Waals surface area (Å²) in [4.78, 5) is 32.4. The molecule has 206 valence electrons. The molecule has 3 atom stereocenters. The molecule has 3 aliphatic rings. The van der Waals surface area contributed by atoms with Crippen molar-refractivity contribution >= 4 is 17.5 Å².